The molecular formula is C12H20N2O4S. The van der Waals surface area contributed by atoms with Crippen molar-refractivity contribution in [3.8, 4) is 0 Å². The number of rotatable bonds is 6. The van der Waals surface area contributed by atoms with Gasteiger partial charge in [-0.2, -0.15) is 4.31 Å². The summed E-state index contributed by atoms with van der Waals surface area (Å²) in [6, 6.07) is 1.67. The van der Waals surface area contributed by atoms with Gasteiger partial charge in [0.15, 0.2) is 0 Å². The number of aliphatic hydroxyl groups excluding tert-OH is 1. The zero-order valence-corrected chi connectivity index (χ0v) is 11.9. The van der Waals surface area contributed by atoms with Crippen LogP contribution in [-0.4, -0.2) is 42.2 Å². The van der Waals surface area contributed by atoms with Crippen molar-refractivity contribution < 1.29 is 18.0 Å². The normalized spacial score (nSPS) is 21.1. The summed E-state index contributed by atoms with van der Waals surface area (Å²) in [7, 11) is -3.35. The Labute approximate surface area is 113 Å². The lowest BCUT2D eigenvalue weighted by Gasteiger charge is -2.23. The Morgan fingerprint density at radius 2 is 2.37 bits per heavy atom. The van der Waals surface area contributed by atoms with E-state index < -0.39 is 10.0 Å². The maximum atomic E-state index is 12.4. The Kier molecular flexibility index (Phi) is 4.59. The van der Waals surface area contributed by atoms with Gasteiger partial charge in [-0.05, 0) is 32.6 Å². The second-order valence-electron chi connectivity index (χ2n) is 4.96. The molecule has 6 nitrogen and oxygen atoms in total. The van der Waals surface area contributed by atoms with Crippen LogP contribution in [-0.2, 0) is 15.8 Å². The first-order chi connectivity index (χ1) is 9.03. The molecule has 1 atom stereocenters. The number of hydrogen-bond acceptors (Lipinski definition) is 5. The first kappa shape index (κ1) is 14.5. The Hall–Kier alpha value is -0.920. The largest absolute Gasteiger partial charge is 0.396 e. The second-order valence-corrected chi connectivity index (χ2v) is 6.88. The van der Waals surface area contributed by atoms with Gasteiger partial charge in [-0.15, -0.1) is 0 Å². The molecular weight excluding hydrogens is 268 g/mol. The van der Waals surface area contributed by atoms with Crippen molar-refractivity contribution >= 4 is 10.0 Å². The Morgan fingerprint density at radius 3 is 3.00 bits per heavy atom. The van der Waals surface area contributed by atoms with Crippen molar-refractivity contribution in [3.05, 3.63) is 17.5 Å². The van der Waals surface area contributed by atoms with Crippen LogP contribution in [0.15, 0.2) is 10.6 Å². The summed E-state index contributed by atoms with van der Waals surface area (Å²) in [5.41, 5.74) is 0.449. The van der Waals surface area contributed by atoms with E-state index in [0.717, 1.165) is 12.8 Å². The summed E-state index contributed by atoms with van der Waals surface area (Å²) in [5.74, 6) is 0.503. The van der Waals surface area contributed by atoms with Crippen molar-refractivity contribution in [1.82, 2.24) is 9.46 Å². The molecule has 1 N–H and O–H groups in total. The molecule has 108 valence electrons. The Balaban J connectivity index is 2.05. The van der Waals surface area contributed by atoms with Crippen LogP contribution in [0.1, 0.15) is 37.1 Å². The molecule has 0 bridgehead atoms. The highest BCUT2D eigenvalue weighted by Gasteiger charge is 2.34. The number of nitrogens with zero attached hydrogens (tertiary/aromatic N) is 2. The van der Waals surface area contributed by atoms with Crippen molar-refractivity contribution in [2.75, 3.05) is 13.2 Å². The molecule has 0 aliphatic carbocycles. The van der Waals surface area contributed by atoms with E-state index in [4.69, 9.17) is 9.63 Å². The molecule has 1 fully saturated rings. The molecule has 1 saturated heterocycles. The van der Waals surface area contributed by atoms with E-state index in [1.54, 1.807) is 17.3 Å². The van der Waals surface area contributed by atoms with E-state index in [2.05, 4.69) is 5.16 Å². The first-order valence-electron chi connectivity index (χ1n) is 6.55. The molecule has 0 amide bonds. The third-order valence-electron chi connectivity index (χ3n) is 3.38. The maximum absolute atomic E-state index is 12.4. The molecule has 1 aliphatic heterocycles. The predicted octanol–water partition coefficient (Wildman–Crippen LogP) is 1.05. The van der Waals surface area contributed by atoms with Gasteiger partial charge in [0.05, 0.1) is 0 Å². The average Bonchev–Trinajstić information content (AvgIpc) is 2.95. The summed E-state index contributed by atoms with van der Waals surface area (Å²) < 4.78 is 31.2. The van der Waals surface area contributed by atoms with E-state index in [9.17, 15) is 8.42 Å². The number of hydrogen-bond donors (Lipinski definition) is 1. The zero-order chi connectivity index (χ0) is 13.9. The zero-order valence-electron chi connectivity index (χ0n) is 11.1. The number of sulfonamides is 1. The summed E-state index contributed by atoms with van der Waals surface area (Å²) >= 11 is 0. The second kappa shape index (κ2) is 6.02. The van der Waals surface area contributed by atoms with Crippen LogP contribution in [0.4, 0.5) is 0 Å². The lowest BCUT2D eigenvalue weighted by atomic mass is 10.1. The molecule has 1 unspecified atom stereocenters. The molecule has 1 aliphatic rings. The van der Waals surface area contributed by atoms with Crippen LogP contribution in [0.5, 0.6) is 0 Å². The number of aromatic nitrogens is 1. The van der Waals surface area contributed by atoms with E-state index in [1.807, 2.05) is 0 Å². The molecule has 0 aromatic carbocycles. The van der Waals surface area contributed by atoms with Crippen molar-refractivity contribution in [3.63, 3.8) is 0 Å². The average molecular weight is 288 g/mol. The third-order valence-corrected chi connectivity index (χ3v) is 5.24. The van der Waals surface area contributed by atoms with E-state index in [0.29, 0.717) is 30.8 Å². The fraction of sp³-hybridized carbons (Fsp3) is 0.750. The molecule has 0 radical (unpaired) electrons. The number of aliphatic hydroxyl groups is 1. The minimum atomic E-state index is -3.35. The molecule has 1 aromatic heterocycles. The molecule has 0 spiro atoms. The molecule has 2 rings (SSSR count). The molecule has 0 saturated carbocycles. The van der Waals surface area contributed by atoms with Crippen LogP contribution >= 0.6 is 0 Å². The summed E-state index contributed by atoms with van der Waals surface area (Å²) in [6.45, 7) is 2.41. The highest BCUT2D eigenvalue weighted by Crippen LogP contribution is 2.26. The molecule has 19 heavy (non-hydrogen) atoms. The van der Waals surface area contributed by atoms with Crippen molar-refractivity contribution in [1.29, 1.82) is 0 Å². The van der Waals surface area contributed by atoms with Crippen molar-refractivity contribution in [2.24, 2.45) is 0 Å². The summed E-state index contributed by atoms with van der Waals surface area (Å²) in [4.78, 5) is 0. The van der Waals surface area contributed by atoms with Gasteiger partial charge in [0, 0.05) is 25.3 Å². The van der Waals surface area contributed by atoms with Gasteiger partial charge in [-0.1, -0.05) is 5.16 Å². The quantitative estimate of drug-likeness (QED) is 0.846. The SMILES string of the molecule is Cc1cc(CS(=O)(=O)N2CCCC2CCCO)no1. The van der Waals surface area contributed by atoms with Gasteiger partial charge >= 0.3 is 0 Å². The standard InChI is InChI=1S/C12H20N2O4S/c1-10-8-11(13-18-10)9-19(16,17)14-6-2-4-12(14)5-3-7-15/h8,12,15H,2-7,9H2,1H3. The monoisotopic (exact) mass is 288 g/mol. The molecule has 2 heterocycles. The van der Waals surface area contributed by atoms with Crippen LogP contribution in [0, 0.1) is 6.92 Å². The minimum Gasteiger partial charge on any atom is -0.396 e. The van der Waals surface area contributed by atoms with E-state index in [-0.39, 0.29) is 18.4 Å². The van der Waals surface area contributed by atoms with E-state index in [1.165, 1.54) is 0 Å². The smallest absolute Gasteiger partial charge is 0.220 e. The Bertz CT molecular complexity index is 512. The maximum Gasteiger partial charge on any atom is 0.220 e. The van der Waals surface area contributed by atoms with Crippen LogP contribution in [0.3, 0.4) is 0 Å². The Morgan fingerprint density at radius 1 is 1.58 bits per heavy atom. The fourth-order valence-corrected chi connectivity index (χ4v) is 4.29. The molecule has 1 aromatic rings. The summed E-state index contributed by atoms with van der Waals surface area (Å²) in [6.07, 6.45) is 3.11. The predicted molar refractivity (Wildman–Crippen MR) is 69.9 cm³/mol. The topological polar surface area (TPSA) is 83.6 Å². The van der Waals surface area contributed by atoms with Crippen molar-refractivity contribution in [2.45, 2.75) is 44.4 Å². The fourth-order valence-electron chi connectivity index (χ4n) is 2.55. The van der Waals surface area contributed by atoms with Gasteiger partial charge in [-0.25, -0.2) is 8.42 Å². The van der Waals surface area contributed by atoms with Gasteiger partial charge in [0.2, 0.25) is 10.0 Å². The lowest BCUT2D eigenvalue weighted by Crippen LogP contribution is -2.36. The highest BCUT2D eigenvalue weighted by molar-refractivity contribution is 7.88. The van der Waals surface area contributed by atoms with Crippen LogP contribution < -0.4 is 0 Å². The lowest BCUT2D eigenvalue weighted by molar-refractivity contribution is 0.264. The minimum absolute atomic E-state index is 0.0187. The van der Waals surface area contributed by atoms with Crippen LogP contribution in [0.25, 0.3) is 0 Å². The summed E-state index contributed by atoms with van der Waals surface area (Å²) in [5, 5.41) is 12.6. The highest BCUT2D eigenvalue weighted by atomic mass is 32.2. The van der Waals surface area contributed by atoms with Gasteiger partial charge in [0.1, 0.15) is 17.2 Å². The van der Waals surface area contributed by atoms with Gasteiger partial charge in [-0.3, -0.25) is 0 Å². The van der Waals surface area contributed by atoms with Gasteiger partial charge in [0.25, 0.3) is 0 Å². The van der Waals surface area contributed by atoms with Gasteiger partial charge < -0.3 is 9.63 Å². The van der Waals surface area contributed by atoms with Crippen LogP contribution in [0.2, 0.25) is 0 Å². The molecule has 7 heteroatoms. The number of aryl methyl sites for hydroxylation is 1. The third kappa shape index (κ3) is 3.55. The first-order valence-corrected chi connectivity index (χ1v) is 8.16. The van der Waals surface area contributed by atoms with E-state index >= 15 is 0 Å².